The number of nitrogens with one attached hydrogen (secondary N) is 1. The van der Waals surface area contributed by atoms with Crippen LogP contribution in [-0.2, 0) is 11.2 Å². The summed E-state index contributed by atoms with van der Waals surface area (Å²) in [5.74, 6) is 1.05. The summed E-state index contributed by atoms with van der Waals surface area (Å²) in [7, 11) is 0. The Bertz CT molecular complexity index is 614. The van der Waals surface area contributed by atoms with E-state index in [1.165, 1.54) is 0 Å². The molecule has 0 spiro atoms. The number of hydrogen-bond acceptors (Lipinski definition) is 4. The van der Waals surface area contributed by atoms with Crippen LogP contribution in [0.1, 0.15) is 36.7 Å². The molecule has 2 aromatic rings. The van der Waals surface area contributed by atoms with Crippen molar-refractivity contribution in [3.05, 3.63) is 23.0 Å². The summed E-state index contributed by atoms with van der Waals surface area (Å²) in [5, 5.41) is 8.23. The standard InChI is InChI=1S/C15H22N4O/c1-4-12-9-14(16-13-5-7-20-8-6-13)19-15(17-12)10(2)11(3)18-19/h9,13,16H,4-8H2,1-3H3. The van der Waals surface area contributed by atoms with E-state index in [1.807, 2.05) is 11.4 Å². The van der Waals surface area contributed by atoms with Crippen LogP contribution < -0.4 is 5.32 Å². The average Bonchev–Trinajstić information content (AvgIpc) is 2.76. The molecule has 0 saturated carbocycles. The molecule has 0 bridgehead atoms. The molecule has 1 saturated heterocycles. The number of rotatable bonds is 3. The Labute approximate surface area is 119 Å². The maximum absolute atomic E-state index is 5.42. The van der Waals surface area contributed by atoms with Crippen molar-refractivity contribution in [3.63, 3.8) is 0 Å². The zero-order chi connectivity index (χ0) is 14.1. The van der Waals surface area contributed by atoms with Crippen LogP contribution in [0.4, 0.5) is 5.82 Å². The highest BCUT2D eigenvalue weighted by Crippen LogP contribution is 2.21. The van der Waals surface area contributed by atoms with Crippen molar-refractivity contribution in [3.8, 4) is 0 Å². The number of aryl methyl sites for hydroxylation is 3. The van der Waals surface area contributed by atoms with Gasteiger partial charge in [0.15, 0.2) is 5.65 Å². The van der Waals surface area contributed by atoms with Gasteiger partial charge in [-0.05, 0) is 33.1 Å². The largest absolute Gasteiger partial charge is 0.381 e. The lowest BCUT2D eigenvalue weighted by Crippen LogP contribution is -2.29. The Hall–Kier alpha value is -1.62. The summed E-state index contributed by atoms with van der Waals surface area (Å²) in [4.78, 5) is 4.70. The Balaban J connectivity index is 2.01. The molecule has 108 valence electrons. The zero-order valence-electron chi connectivity index (χ0n) is 12.4. The first-order valence-corrected chi connectivity index (χ1v) is 7.39. The number of fused-ring (bicyclic) bond motifs is 1. The number of anilines is 1. The van der Waals surface area contributed by atoms with Crippen LogP contribution in [0.25, 0.3) is 5.65 Å². The summed E-state index contributed by atoms with van der Waals surface area (Å²) in [6, 6.07) is 2.58. The van der Waals surface area contributed by atoms with Gasteiger partial charge in [-0.3, -0.25) is 0 Å². The van der Waals surface area contributed by atoms with Crippen LogP contribution in [0.5, 0.6) is 0 Å². The second kappa shape index (κ2) is 5.40. The molecule has 0 radical (unpaired) electrons. The van der Waals surface area contributed by atoms with E-state index in [9.17, 15) is 0 Å². The van der Waals surface area contributed by atoms with E-state index in [0.717, 1.165) is 60.9 Å². The maximum atomic E-state index is 5.42. The first-order chi connectivity index (χ1) is 9.69. The Morgan fingerprint density at radius 1 is 1.35 bits per heavy atom. The molecule has 1 N–H and O–H groups in total. The fourth-order valence-electron chi connectivity index (χ4n) is 2.61. The predicted octanol–water partition coefficient (Wildman–Crippen LogP) is 2.50. The summed E-state index contributed by atoms with van der Waals surface area (Å²) in [5.41, 5.74) is 4.28. The van der Waals surface area contributed by atoms with Gasteiger partial charge in [0, 0.05) is 36.6 Å². The van der Waals surface area contributed by atoms with Crippen LogP contribution in [0.3, 0.4) is 0 Å². The third-order valence-electron chi connectivity index (χ3n) is 4.05. The summed E-state index contributed by atoms with van der Waals surface area (Å²) in [6.07, 6.45) is 3.03. The van der Waals surface area contributed by atoms with E-state index in [2.05, 4.69) is 30.3 Å². The molecule has 5 heteroatoms. The van der Waals surface area contributed by atoms with Gasteiger partial charge in [-0.2, -0.15) is 9.61 Å². The van der Waals surface area contributed by atoms with Gasteiger partial charge < -0.3 is 10.1 Å². The molecule has 0 amide bonds. The van der Waals surface area contributed by atoms with Crippen molar-refractivity contribution >= 4 is 11.5 Å². The fourth-order valence-corrected chi connectivity index (χ4v) is 2.61. The molecule has 0 atom stereocenters. The van der Waals surface area contributed by atoms with E-state index in [0.29, 0.717) is 6.04 Å². The summed E-state index contributed by atoms with van der Waals surface area (Å²) >= 11 is 0. The molecule has 3 rings (SSSR count). The molecule has 0 unspecified atom stereocenters. The van der Waals surface area contributed by atoms with Crippen LogP contribution in [0.2, 0.25) is 0 Å². The highest BCUT2D eigenvalue weighted by Gasteiger charge is 2.17. The van der Waals surface area contributed by atoms with Crippen LogP contribution in [0.15, 0.2) is 6.07 Å². The first kappa shape index (κ1) is 13.4. The van der Waals surface area contributed by atoms with E-state index in [-0.39, 0.29) is 0 Å². The first-order valence-electron chi connectivity index (χ1n) is 7.39. The highest BCUT2D eigenvalue weighted by atomic mass is 16.5. The van der Waals surface area contributed by atoms with Crippen molar-refractivity contribution in [1.82, 2.24) is 14.6 Å². The van der Waals surface area contributed by atoms with E-state index in [4.69, 9.17) is 9.72 Å². The lowest BCUT2D eigenvalue weighted by atomic mass is 10.1. The SMILES string of the molecule is CCc1cc(NC2CCOCC2)n2nc(C)c(C)c2n1. The third-order valence-corrected chi connectivity index (χ3v) is 4.05. The lowest BCUT2D eigenvalue weighted by Gasteiger charge is -2.24. The van der Waals surface area contributed by atoms with Gasteiger partial charge >= 0.3 is 0 Å². The van der Waals surface area contributed by atoms with Gasteiger partial charge in [0.2, 0.25) is 0 Å². The van der Waals surface area contributed by atoms with Gasteiger partial charge in [0.1, 0.15) is 5.82 Å². The quantitative estimate of drug-likeness (QED) is 0.934. The normalized spacial score (nSPS) is 16.8. The topological polar surface area (TPSA) is 51.5 Å². The molecule has 0 aliphatic carbocycles. The smallest absolute Gasteiger partial charge is 0.160 e. The monoisotopic (exact) mass is 274 g/mol. The fraction of sp³-hybridized carbons (Fsp3) is 0.600. The van der Waals surface area contributed by atoms with Gasteiger partial charge in [-0.1, -0.05) is 6.92 Å². The van der Waals surface area contributed by atoms with Crippen LogP contribution in [-0.4, -0.2) is 33.9 Å². The van der Waals surface area contributed by atoms with Crippen molar-refractivity contribution < 1.29 is 4.74 Å². The Morgan fingerprint density at radius 3 is 2.80 bits per heavy atom. The average molecular weight is 274 g/mol. The molecule has 5 nitrogen and oxygen atoms in total. The molecule has 20 heavy (non-hydrogen) atoms. The third kappa shape index (κ3) is 2.38. The number of ether oxygens (including phenoxy) is 1. The molecule has 3 heterocycles. The van der Waals surface area contributed by atoms with Crippen molar-refractivity contribution in [1.29, 1.82) is 0 Å². The van der Waals surface area contributed by atoms with Gasteiger partial charge in [0.25, 0.3) is 0 Å². The van der Waals surface area contributed by atoms with Gasteiger partial charge in [0.05, 0.1) is 5.69 Å². The van der Waals surface area contributed by atoms with Crippen molar-refractivity contribution in [2.24, 2.45) is 0 Å². The van der Waals surface area contributed by atoms with Crippen LogP contribution >= 0.6 is 0 Å². The minimum absolute atomic E-state index is 0.462. The zero-order valence-corrected chi connectivity index (χ0v) is 12.4. The molecule has 1 aliphatic rings. The summed E-state index contributed by atoms with van der Waals surface area (Å²) < 4.78 is 7.36. The number of aromatic nitrogens is 3. The molecular formula is C15H22N4O. The second-order valence-corrected chi connectivity index (χ2v) is 5.46. The van der Waals surface area contributed by atoms with E-state index < -0.39 is 0 Å². The second-order valence-electron chi connectivity index (χ2n) is 5.46. The minimum atomic E-state index is 0.462. The van der Waals surface area contributed by atoms with Gasteiger partial charge in [-0.25, -0.2) is 4.98 Å². The summed E-state index contributed by atoms with van der Waals surface area (Å²) in [6.45, 7) is 7.93. The van der Waals surface area contributed by atoms with Crippen molar-refractivity contribution in [2.75, 3.05) is 18.5 Å². The molecule has 1 aliphatic heterocycles. The molecule has 1 fully saturated rings. The maximum Gasteiger partial charge on any atom is 0.160 e. The Morgan fingerprint density at radius 2 is 2.10 bits per heavy atom. The number of hydrogen-bond donors (Lipinski definition) is 1. The highest BCUT2D eigenvalue weighted by molar-refractivity contribution is 5.56. The Kier molecular flexibility index (Phi) is 3.61. The van der Waals surface area contributed by atoms with E-state index >= 15 is 0 Å². The molecule has 2 aromatic heterocycles. The van der Waals surface area contributed by atoms with Crippen LogP contribution in [0, 0.1) is 13.8 Å². The molecular weight excluding hydrogens is 252 g/mol. The number of nitrogens with zero attached hydrogens (tertiary/aromatic N) is 3. The van der Waals surface area contributed by atoms with E-state index in [1.54, 1.807) is 0 Å². The van der Waals surface area contributed by atoms with Crippen molar-refractivity contribution in [2.45, 2.75) is 46.1 Å². The van der Waals surface area contributed by atoms with Gasteiger partial charge in [-0.15, -0.1) is 0 Å². The minimum Gasteiger partial charge on any atom is -0.381 e. The lowest BCUT2D eigenvalue weighted by molar-refractivity contribution is 0.0903. The predicted molar refractivity (Wildman–Crippen MR) is 79.3 cm³/mol. The molecule has 0 aromatic carbocycles.